The molecule has 0 saturated carbocycles. The summed E-state index contributed by atoms with van der Waals surface area (Å²) in [5.41, 5.74) is -3.16. The lowest BCUT2D eigenvalue weighted by molar-refractivity contribution is -0.140. The van der Waals surface area contributed by atoms with Gasteiger partial charge in [0, 0.05) is 12.6 Å². The second-order valence-electron chi connectivity index (χ2n) is 7.73. The number of allylic oxidation sites excluding steroid dienone is 1. The van der Waals surface area contributed by atoms with E-state index in [0.29, 0.717) is 12.1 Å². The van der Waals surface area contributed by atoms with E-state index < -0.39 is 81.1 Å². The first-order chi connectivity index (χ1) is 18.2. The van der Waals surface area contributed by atoms with Gasteiger partial charge in [0.25, 0.3) is 5.91 Å². The second kappa shape index (κ2) is 12.4. The minimum absolute atomic E-state index is 0.00419. The van der Waals surface area contributed by atoms with E-state index in [4.69, 9.17) is 34.8 Å². The lowest BCUT2D eigenvalue weighted by Crippen LogP contribution is -2.52. The van der Waals surface area contributed by atoms with Crippen LogP contribution in [-0.4, -0.2) is 42.9 Å². The summed E-state index contributed by atoms with van der Waals surface area (Å²) in [7, 11) is 0.835. The minimum atomic E-state index is -5.43. The number of carbonyl (C=O) groups is 2. The van der Waals surface area contributed by atoms with Crippen LogP contribution < -0.4 is 10.7 Å². The summed E-state index contributed by atoms with van der Waals surface area (Å²) in [4.78, 5) is 24.5. The first-order valence-electron chi connectivity index (χ1n) is 10.3. The van der Waals surface area contributed by atoms with Crippen molar-refractivity contribution in [3.8, 4) is 0 Å². The zero-order chi connectivity index (χ0) is 30.8. The Morgan fingerprint density at radius 1 is 0.950 bits per heavy atom. The molecule has 0 heterocycles. The average Bonchev–Trinajstić information content (AvgIpc) is 2.82. The van der Waals surface area contributed by atoms with Gasteiger partial charge >= 0.3 is 24.6 Å². The molecule has 0 bridgehead atoms. The molecule has 0 saturated heterocycles. The molecule has 1 unspecified atom stereocenters. The molecule has 3 amide bonds. The molecule has 2 rings (SSSR count). The van der Waals surface area contributed by atoms with Crippen molar-refractivity contribution in [1.82, 2.24) is 15.8 Å². The molecule has 0 spiro atoms. The van der Waals surface area contributed by atoms with Gasteiger partial charge < -0.3 is 5.32 Å². The third-order valence-corrected chi connectivity index (χ3v) is 6.13. The number of halogens is 13. The number of hydrogen-bond acceptors (Lipinski definition) is 3. The topological polar surface area (TPSA) is 61.4 Å². The molecule has 40 heavy (non-hydrogen) atoms. The van der Waals surface area contributed by atoms with Crippen LogP contribution in [0.3, 0.4) is 0 Å². The van der Waals surface area contributed by atoms with E-state index in [1.807, 2.05) is 5.43 Å². The van der Waals surface area contributed by atoms with Gasteiger partial charge in [0.2, 0.25) is 0 Å². The van der Waals surface area contributed by atoms with Gasteiger partial charge in [0.1, 0.15) is 18.3 Å². The van der Waals surface area contributed by atoms with E-state index in [0.717, 1.165) is 19.2 Å². The summed E-state index contributed by atoms with van der Waals surface area (Å²) in [6.07, 6.45) is -15.6. The van der Waals surface area contributed by atoms with E-state index in [9.17, 15) is 53.5 Å². The third kappa shape index (κ3) is 8.38. The van der Waals surface area contributed by atoms with Crippen LogP contribution in [0.25, 0.3) is 5.83 Å². The van der Waals surface area contributed by atoms with Gasteiger partial charge in [-0.1, -0.05) is 40.9 Å². The van der Waals surface area contributed by atoms with E-state index >= 15 is 0 Å². The van der Waals surface area contributed by atoms with Crippen molar-refractivity contribution in [1.29, 1.82) is 0 Å². The fraction of sp³-hybridized carbons (Fsp3) is 0.273. The molecule has 0 aliphatic heterocycles. The van der Waals surface area contributed by atoms with Crippen LogP contribution in [0.5, 0.6) is 0 Å². The molecule has 18 heteroatoms. The predicted octanol–water partition coefficient (Wildman–Crippen LogP) is 8.17. The maximum Gasteiger partial charge on any atom is 0.417 e. The van der Waals surface area contributed by atoms with Gasteiger partial charge in [0.15, 0.2) is 0 Å². The SMILES string of the molecule is CNN(C(=O)NCC(F)(F)F)C(=O)c1ccc(C(F)=CC(c2cc(Cl)c(Cl)c(Cl)c2)C(F)(F)F)cc1C(F)(F)F. The molecule has 0 radical (unpaired) electrons. The van der Waals surface area contributed by atoms with Crippen molar-refractivity contribution in [2.45, 2.75) is 24.4 Å². The number of alkyl halides is 9. The largest absolute Gasteiger partial charge is 0.417 e. The Bertz CT molecular complexity index is 1290. The summed E-state index contributed by atoms with van der Waals surface area (Å²) in [6, 6.07) is 0.531. The molecule has 0 aliphatic carbocycles. The number of nitrogens with zero attached hydrogens (tertiary/aromatic N) is 1. The van der Waals surface area contributed by atoms with E-state index in [2.05, 4.69) is 0 Å². The maximum absolute atomic E-state index is 15.0. The lowest BCUT2D eigenvalue weighted by atomic mass is 9.95. The molecule has 5 nitrogen and oxygen atoms in total. The van der Waals surface area contributed by atoms with Gasteiger partial charge in [0.05, 0.1) is 26.2 Å². The first kappa shape index (κ1) is 33.5. The molecular formula is C22H14Cl3F10N3O2. The van der Waals surface area contributed by atoms with Gasteiger partial charge in [-0.05, 0) is 35.9 Å². The number of imide groups is 1. The quantitative estimate of drug-likeness (QED) is 0.189. The zero-order valence-electron chi connectivity index (χ0n) is 19.4. The first-order valence-corrected chi connectivity index (χ1v) is 11.5. The number of urea groups is 1. The molecule has 0 fully saturated rings. The summed E-state index contributed by atoms with van der Waals surface area (Å²) in [5.74, 6) is -6.36. The number of carbonyl (C=O) groups excluding carboxylic acids is 2. The number of amides is 3. The number of rotatable bonds is 6. The molecule has 220 valence electrons. The monoisotopic (exact) mass is 647 g/mol. The average molecular weight is 649 g/mol. The Labute approximate surface area is 233 Å². The second-order valence-corrected chi connectivity index (χ2v) is 8.92. The van der Waals surface area contributed by atoms with Crippen molar-refractivity contribution in [3.63, 3.8) is 0 Å². The Morgan fingerprint density at radius 2 is 1.50 bits per heavy atom. The number of hydrazine groups is 1. The number of hydrogen-bond donors (Lipinski definition) is 2. The van der Waals surface area contributed by atoms with Crippen LogP contribution in [0.15, 0.2) is 36.4 Å². The van der Waals surface area contributed by atoms with Gasteiger partial charge in [-0.25, -0.2) is 14.6 Å². The summed E-state index contributed by atoms with van der Waals surface area (Å²) < 4.78 is 135. The fourth-order valence-corrected chi connectivity index (χ4v) is 3.77. The van der Waals surface area contributed by atoms with Crippen LogP contribution >= 0.6 is 34.8 Å². The van der Waals surface area contributed by atoms with Gasteiger partial charge in [-0.2, -0.15) is 44.5 Å². The molecule has 2 aromatic rings. The molecule has 2 aromatic carbocycles. The molecule has 1 atom stereocenters. The minimum Gasteiger partial charge on any atom is -0.327 e. The standard InChI is InChI=1S/C22H14Cl3F10N3O2/c1-36-38(19(40)37-8-20(27,28)29)18(39)11-3-2-9(4-13(11)22(33,34)35)16(26)7-12(21(30,31)32)10-5-14(23)17(25)15(24)6-10/h2-7,12,36H,8H2,1H3,(H,37,40). The van der Waals surface area contributed by atoms with Crippen molar-refractivity contribution in [3.05, 3.63) is 73.7 Å². The Balaban J connectivity index is 2.57. The smallest absolute Gasteiger partial charge is 0.327 e. The summed E-state index contributed by atoms with van der Waals surface area (Å²) >= 11 is 17.2. The van der Waals surface area contributed by atoms with Crippen LogP contribution in [-0.2, 0) is 6.18 Å². The molecule has 0 aliphatic rings. The highest BCUT2D eigenvalue weighted by molar-refractivity contribution is 6.48. The molecule has 2 N–H and O–H groups in total. The number of nitrogens with one attached hydrogen (secondary N) is 2. The van der Waals surface area contributed by atoms with Crippen molar-refractivity contribution >= 4 is 52.6 Å². The summed E-state index contributed by atoms with van der Waals surface area (Å²) in [6.45, 7) is -1.93. The van der Waals surface area contributed by atoms with E-state index in [1.165, 1.54) is 5.32 Å². The highest BCUT2D eigenvalue weighted by Crippen LogP contribution is 2.43. The lowest BCUT2D eigenvalue weighted by Gasteiger charge is -2.22. The molecule has 0 aromatic heterocycles. The Morgan fingerprint density at radius 3 is 1.95 bits per heavy atom. The zero-order valence-corrected chi connectivity index (χ0v) is 21.7. The van der Waals surface area contributed by atoms with Crippen LogP contribution in [0.2, 0.25) is 15.1 Å². The third-order valence-electron chi connectivity index (χ3n) is 4.93. The van der Waals surface area contributed by atoms with Crippen LogP contribution in [0.1, 0.15) is 33.0 Å². The van der Waals surface area contributed by atoms with Crippen LogP contribution in [0, 0.1) is 0 Å². The van der Waals surface area contributed by atoms with Gasteiger partial charge in [-0.15, -0.1) is 0 Å². The Kier molecular flexibility index (Phi) is 10.4. The van der Waals surface area contributed by atoms with Crippen molar-refractivity contribution in [2.24, 2.45) is 0 Å². The van der Waals surface area contributed by atoms with Crippen molar-refractivity contribution < 1.29 is 53.5 Å². The van der Waals surface area contributed by atoms with E-state index in [1.54, 1.807) is 0 Å². The summed E-state index contributed by atoms with van der Waals surface area (Å²) in [5, 5.41) is -0.0672. The number of benzene rings is 2. The highest BCUT2D eigenvalue weighted by atomic mass is 35.5. The highest BCUT2D eigenvalue weighted by Gasteiger charge is 2.41. The maximum atomic E-state index is 15.0. The van der Waals surface area contributed by atoms with Crippen molar-refractivity contribution in [2.75, 3.05) is 13.6 Å². The predicted molar refractivity (Wildman–Crippen MR) is 125 cm³/mol. The van der Waals surface area contributed by atoms with E-state index in [-0.39, 0.29) is 22.2 Å². The fourth-order valence-electron chi connectivity index (χ4n) is 3.16. The van der Waals surface area contributed by atoms with Gasteiger partial charge in [-0.3, -0.25) is 4.79 Å². The molecular weight excluding hydrogens is 635 g/mol. The Hall–Kier alpha value is -2.75. The normalized spacial score (nSPS) is 13.7. The van der Waals surface area contributed by atoms with Crippen LogP contribution in [0.4, 0.5) is 48.7 Å².